The molecular weight excluding hydrogens is 302 g/mol. The first-order chi connectivity index (χ1) is 11.5. The van der Waals surface area contributed by atoms with Gasteiger partial charge in [-0.1, -0.05) is 48.5 Å². The summed E-state index contributed by atoms with van der Waals surface area (Å²) in [5.74, 6) is -3.33. The number of rotatable bonds is 2. The molecule has 0 unspecified atom stereocenters. The van der Waals surface area contributed by atoms with Crippen molar-refractivity contribution < 1.29 is 14.7 Å². The normalized spacial score (nSPS) is 26.4. The molecule has 4 heteroatoms. The molecule has 0 aliphatic heterocycles. The molecule has 0 fully saturated rings. The number of aliphatic carboxylic acids is 1. The highest BCUT2D eigenvalue weighted by atomic mass is 16.4. The van der Waals surface area contributed by atoms with Crippen LogP contribution in [0.3, 0.4) is 0 Å². The molecule has 0 spiro atoms. The Hall–Kier alpha value is -2.62. The number of carbonyl (C=O) groups excluding carboxylic acids is 2. The molecule has 122 valence electrons. The second kappa shape index (κ2) is 5.20. The third kappa shape index (κ3) is 1.86. The van der Waals surface area contributed by atoms with E-state index in [1.807, 2.05) is 48.5 Å². The molecule has 24 heavy (non-hydrogen) atoms. The molecule has 4 nitrogen and oxygen atoms in total. The van der Waals surface area contributed by atoms with E-state index in [2.05, 4.69) is 0 Å². The Morgan fingerprint density at radius 3 is 1.50 bits per heavy atom. The van der Waals surface area contributed by atoms with Crippen molar-refractivity contribution in [2.45, 2.75) is 11.8 Å². The lowest BCUT2D eigenvalue weighted by molar-refractivity contribution is -0.314. The van der Waals surface area contributed by atoms with E-state index in [4.69, 9.17) is 0 Å². The number of carboxylic acid groups (broad SMARTS) is 1. The van der Waals surface area contributed by atoms with Gasteiger partial charge in [-0.2, -0.15) is 0 Å². The van der Waals surface area contributed by atoms with Crippen LogP contribution in [-0.2, 0) is 9.59 Å². The van der Waals surface area contributed by atoms with Gasteiger partial charge in [0.25, 0.3) is 0 Å². The number of amides is 1. The minimum absolute atomic E-state index is 0.150. The van der Waals surface area contributed by atoms with Crippen molar-refractivity contribution in [3.63, 3.8) is 0 Å². The van der Waals surface area contributed by atoms with Crippen LogP contribution in [0.5, 0.6) is 0 Å². The Balaban J connectivity index is 2.02. The Morgan fingerprint density at radius 2 is 1.17 bits per heavy atom. The average Bonchev–Trinajstić information content (AvgIpc) is 2.60. The molecule has 2 aromatic rings. The van der Waals surface area contributed by atoms with Gasteiger partial charge >= 0.3 is 0 Å². The monoisotopic (exact) mass is 320 g/mol. The fourth-order valence-electron chi connectivity index (χ4n) is 4.56. The Labute approximate surface area is 140 Å². The van der Waals surface area contributed by atoms with Crippen molar-refractivity contribution in [3.8, 4) is 0 Å². The lowest BCUT2D eigenvalue weighted by atomic mass is 9.54. The fourth-order valence-corrected chi connectivity index (χ4v) is 4.56. The smallest absolute Gasteiger partial charge is 0.226 e. The van der Waals surface area contributed by atoms with Crippen LogP contribution < -0.4 is 5.11 Å². The number of hydrogen-bond acceptors (Lipinski definition) is 3. The standard InChI is InChI=1S/C20H19NO3/c1-21(2)19(22)17-15-11-7-3-5-9-13(11)16(18(17)20(23)24)14-10-6-4-8-12(14)15/h3-10,15-18H,1-2H3,(H,23,24)/p-1/t15?,16?,17-,18-/m0/s1. The molecule has 2 aromatic carbocycles. The number of nitrogens with zero attached hydrogens (tertiary/aromatic N) is 1. The number of hydrogen-bond donors (Lipinski definition) is 0. The first-order valence-electron chi connectivity index (χ1n) is 8.12. The lowest BCUT2D eigenvalue weighted by Gasteiger charge is -2.50. The van der Waals surface area contributed by atoms with Crippen LogP contribution in [0.2, 0.25) is 0 Å². The minimum Gasteiger partial charge on any atom is -0.550 e. The van der Waals surface area contributed by atoms with E-state index >= 15 is 0 Å². The largest absolute Gasteiger partial charge is 0.550 e. The SMILES string of the molecule is CN(C)C(=O)[C@H]1C2c3ccccc3C(c3ccccc32)[C@@H]1C(=O)[O-]. The van der Waals surface area contributed by atoms with Crippen molar-refractivity contribution in [2.75, 3.05) is 14.1 Å². The summed E-state index contributed by atoms with van der Waals surface area (Å²) < 4.78 is 0. The molecule has 0 saturated heterocycles. The highest BCUT2D eigenvalue weighted by Crippen LogP contribution is 2.58. The Bertz CT molecular complexity index is 795. The van der Waals surface area contributed by atoms with E-state index in [1.54, 1.807) is 14.1 Å². The quantitative estimate of drug-likeness (QED) is 0.839. The Morgan fingerprint density at radius 1 is 0.792 bits per heavy atom. The molecule has 0 saturated carbocycles. The molecular formula is C20H18NO3-. The summed E-state index contributed by atoms with van der Waals surface area (Å²) in [6.45, 7) is 0. The van der Waals surface area contributed by atoms with Gasteiger partial charge in [-0.05, 0) is 22.3 Å². The van der Waals surface area contributed by atoms with Crippen LogP contribution >= 0.6 is 0 Å². The summed E-state index contributed by atoms with van der Waals surface area (Å²) in [5.41, 5.74) is 4.16. The predicted molar refractivity (Wildman–Crippen MR) is 87.3 cm³/mol. The van der Waals surface area contributed by atoms with Crippen molar-refractivity contribution in [2.24, 2.45) is 11.8 Å². The highest BCUT2D eigenvalue weighted by Gasteiger charge is 2.53. The lowest BCUT2D eigenvalue weighted by Crippen LogP contribution is -2.53. The second-order valence-electron chi connectivity index (χ2n) is 6.82. The summed E-state index contributed by atoms with van der Waals surface area (Å²) in [5, 5.41) is 12.0. The van der Waals surface area contributed by atoms with Gasteiger partial charge < -0.3 is 14.8 Å². The molecule has 0 aromatic heterocycles. The van der Waals surface area contributed by atoms with Crippen molar-refractivity contribution in [3.05, 3.63) is 70.8 Å². The number of carbonyl (C=O) groups is 2. The van der Waals surface area contributed by atoms with E-state index in [-0.39, 0.29) is 17.7 Å². The number of benzene rings is 2. The van der Waals surface area contributed by atoms with Gasteiger partial charge in [0.05, 0.1) is 5.92 Å². The van der Waals surface area contributed by atoms with Crippen LogP contribution in [0.15, 0.2) is 48.5 Å². The fraction of sp³-hybridized carbons (Fsp3) is 0.300. The highest BCUT2D eigenvalue weighted by molar-refractivity contribution is 5.89. The number of carboxylic acids is 1. The van der Waals surface area contributed by atoms with Crippen molar-refractivity contribution >= 4 is 11.9 Å². The second-order valence-corrected chi connectivity index (χ2v) is 6.82. The maximum atomic E-state index is 12.9. The maximum absolute atomic E-state index is 12.9. The third-order valence-electron chi connectivity index (χ3n) is 5.44. The molecule has 2 bridgehead atoms. The van der Waals surface area contributed by atoms with Crippen LogP contribution in [0.25, 0.3) is 0 Å². The summed E-state index contributed by atoms with van der Waals surface area (Å²) in [6.07, 6.45) is 0. The first kappa shape index (κ1) is 14.9. The van der Waals surface area contributed by atoms with Gasteiger partial charge in [0.2, 0.25) is 5.91 Å². The molecule has 3 aliphatic carbocycles. The van der Waals surface area contributed by atoms with Gasteiger partial charge in [0.15, 0.2) is 0 Å². The zero-order valence-corrected chi connectivity index (χ0v) is 13.6. The topological polar surface area (TPSA) is 60.4 Å². The molecule has 0 heterocycles. The first-order valence-corrected chi connectivity index (χ1v) is 8.12. The van der Waals surface area contributed by atoms with Gasteiger partial charge in [-0.3, -0.25) is 4.79 Å². The van der Waals surface area contributed by atoms with Crippen molar-refractivity contribution in [1.29, 1.82) is 0 Å². The molecule has 3 aliphatic rings. The van der Waals surface area contributed by atoms with Gasteiger partial charge in [0, 0.05) is 37.8 Å². The average molecular weight is 320 g/mol. The maximum Gasteiger partial charge on any atom is 0.226 e. The van der Waals surface area contributed by atoms with E-state index in [1.165, 1.54) is 4.90 Å². The van der Waals surface area contributed by atoms with Gasteiger partial charge in [0.1, 0.15) is 0 Å². The summed E-state index contributed by atoms with van der Waals surface area (Å²) in [6, 6.07) is 15.8. The molecule has 0 N–H and O–H groups in total. The summed E-state index contributed by atoms with van der Waals surface area (Å²) in [7, 11) is 3.35. The summed E-state index contributed by atoms with van der Waals surface area (Å²) >= 11 is 0. The minimum atomic E-state index is -1.14. The van der Waals surface area contributed by atoms with E-state index in [0.29, 0.717) is 0 Å². The predicted octanol–water partition coefficient (Wildman–Crippen LogP) is 1.35. The zero-order chi connectivity index (χ0) is 17.0. The van der Waals surface area contributed by atoms with Crippen LogP contribution in [0.4, 0.5) is 0 Å². The third-order valence-corrected chi connectivity index (χ3v) is 5.44. The van der Waals surface area contributed by atoms with Crippen LogP contribution in [-0.4, -0.2) is 30.9 Å². The number of fused-ring (bicyclic) bond motifs is 1. The molecule has 2 atom stereocenters. The summed E-state index contributed by atoms with van der Waals surface area (Å²) in [4.78, 5) is 26.4. The Kier molecular flexibility index (Phi) is 3.23. The van der Waals surface area contributed by atoms with E-state index < -0.39 is 17.8 Å². The molecule has 0 radical (unpaired) electrons. The zero-order valence-electron chi connectivity index (χ0n) is 13.6. The van der Waals surface area contributed by atoms with Gasteiger partial charge in [-0.15, -0.1) is 0 Å². The molecule has 1 amide bonds. The molecule has 5 rings (SSSR count). The van der Waals surface area contributed by atoms with E-state index in [9.17, 15) is 14.7 Å². The van der Waals surface area contributed by atoms with E-state index in [0.717, 1.165) is 22.3 Å². The van der Waals surface area contributed by atoms with Crippen LogP contribution in [0, 0.1) is 11.8 Å². The van der Waals surface area contributed by atoms with Crippen LogP contribution in [0.1, 0.15) is 34.1 Å². The van der Waals surface area contributed by atoms with Crippen molar-refractivity contribution in [1.82, 2.24) is 4.90 Å². The van der Waals surface area contributed by atoms with Gasteiger partial charge in [-0.25, -0.2) is 0 Å².